The molecule has 0 fully saturated rings. The predicted molar refractivity (Wildman–Crippen MR) is 123 cm³/mol. The van der Waals surface area contributed by atoms with Crippen molar-refractivity contribution >= 4 is 11.6 Å². The first-order valence-electron chi connectivity index (χ1n) is 10.9. The van der Waals surface area contributed by atoms with E-state index in [0.29, 0.717) is 18.7 Å². The Morgan fingerprint density at radius 2 is 1.76 bits per heavy atom. The number of para-hydroxylation sites is 1. The molecule has 1 amide bonds. The molecule has 3 aromatic carbocycles. The Hall–Kier alpha value is -3.45. The molecule has 0 bridgehead atoms. The zero-order chi connectivity index (χ0) is 23.2. The molecule has 1 heterocycles. The summed E-state index contributed by atoms with van der Waals surface area (Å²) >= 11 is 0. The first-order chi connectivity index (χ1) is 16.0. The maximum atomic E-state index is 13.6. The third-order valence-electron chi connectivity index (χ3n) is 5.70. The monoisotopic (exact) mass is 452 g/mol. The predicted octanol–water partition coefficient (Wildman–Crippen LogP) is 4.13. The maximum absolute atomic E-state index is 13.6. The fourth-order valence-corrected chi connectivity index (χ4v) is 3.97. The summed E-state index contributed by atoms with van der Waals surface area (Å²) in [4.78, 5) is 14.9. The number of hydrogen-bond acceptors (Lipinski definition) is 4. The molecule has 2 N–H and O–H groups in total. The Labute approximate surface area is 191 Å². The van der Waals surface area contributed by atoms with E-state index in [0.717, 1.165) is 29.8 Å². The van der Waals surface area contributed by atoms with Crippen LogP contribution in [0.5, 0.6) is 11.5 Å². The molecule has 0 radical (unpaired) electrons. The van der Waals surface area contributed by atoms with Crippen LogP contribution in [0.4, 0.5) is 14.5 Å². The lowest BCUT2D eigenvalue weighted by molar-refractivity contribution is -0.122. The SMILES string of the molecule is NCC(Cc1ccc(OCCOc2ccc(F)cc2F)cc1)C(=O)N1CCc2ccccc21. The number of anilines is 1. The van der Waals surface area contributed by atoms with Gasteiger partial charge in [-0.1, -0.05) is 30.3 Å². The lowest BCUT2D eigenvalue weighted by Gasteiger charge is -2.23. The molecular weight excluding hydrogens is 426 g/mol. The normalized spacial score (nSPS) is 13.5. The van der Waals surface area contributed by atoms with E-state index in [1.165, 1.54) is 11.6 Å². The molecule has 5 nitrogen and oxygen atoms in total. The number of nitrogens with two attached hydrogens (primary N) is 1. The Morgan fingerprint density at radius 1 is 1.00 bits per heavy atom. The van der Waals surface area contributed by atoms with Crippen molar-refractivity contribution in [2.24, 2.45) is 11.7 Å². The number of ether oxygens (including phenoxy) is 2. The number of nitrogens with zero attached hydrogens (tertiary/aromatic N) is 1. The molecule has 1 unspecified atom stereocenters. The molecule has 1 aliphatic heterocycles. The van der Waals surface area contributed by atoms with Gasteiger partial charge in [0.1, 0.15) is 24.8 Å². The van der Waals surface area contributed by atoms with E-state index in [2.05, 4.69) is 6.07 Å². The van der Waals surface area contributed by atoms with Gasteiger partial charge in [-0.25, -0.2) is 8.78 Å². The summed E-state index contributed by atoms with van der Waals surface area (Å²) in [5, 5.41) is 0. The van der Waals surface area contributed by atoms with Crippen LogP contribution < -0.4 is 20.1 Å². The molecule has 0 spiro atoms. The van der Waals surface area contributed by atoms with Gasteiger partial charge in [0.05, 0.1) is 5.92 Å². The quantitative estimate of drug-likeness (QED) is 0.496. The molecule has 4 rings (SSSR count). The molecule has 1 atom stereocenters. The summed E-state index contributed by atoms with van der Waals surface area (Å²) in [5.74, 6) is -1.05. The number of halogens is 2. The third-order valence-corrected chi connectivity index (χ3v) is 5.70. The molecule has 0 saturated heterocycles. The number of carbonyl (C=O) groups excluding carboxylic acids is 1. The van der Waals surface area contributed by atoms with Gasteiger partial charge in [0.15, 0.2) is 11.6 Å². The van der Waals surface area contributed by atoms with Crippen molar-refractivity contribution in [3.8, 4) is 11.5 Å². The largest absolute Gasteiger partial charge is 0.490 e. The zero-order valence-corrected chi connectivity index (χ0v) is 18.2. The van der Waals surface area contributed by atoms with Crippen LogP contribution in [0.1, 0.15) is 11.1 Å². The molecular formula is C26H26F2N2O3. The van der Waals surface area contributed by atoms with E-state index in [4.69, 9.17) is 15.2 Å². The fraction of sp³-hybridized carbons (Fsp3) is 0.269. The van der Waals surface area contributed by atoms with Gasteiger partial charge in [0.2, 0.25) is 5.91 Å². The van der Waals surface area contributed by atoms with Gasteiger partial charge in [0, 0.05) is 24.8 Å². The van der Waals surface area contributed by atoms with Gasteiger partial charge in [-0.3, -0.25) is 4.79 Å². The highest BCUT2D eigenvalue weighted by atomic mass is 19.1. The van der Waals surface area contributed by atoms with Crippen LogP contribution in [0.3, 0.4) is 0 Å². The number of amides is 1. The summed E-state index contributed by atoms with van der Waals surface area (Å²) in [6.07, 6.45) is 1.41. The van der Waals surface area contributed by atoms with Crippen LogP contribution in [-0.4, -0.2) is 32.2 Å². The van der Waals surface area contributed by atoms with Crippen molar-refractivity contribution in [3.63, 3.8) is 0 Å². The average Bonchev–Trinajstić information content (AvgIpc) is 3.26. The number of rotatable bonds is 9. The topological polar surface area (TPSA) is 64.8 Å². The molecule has 0 saturated carbocycles. The van der Waals surface area contributed by atoms with Crippen LogP contribution in [-0.2, 0) is 17.6 Å². The summed E-state index contributed by atoms with van der Waals surface area (Å²) in [7, 11) is 0. The van der Waals surface area contributed by atoms with Crippen LogP contribution in [0, 0.1) is 17.6 Å². The lowest BCUT2D eigenvalue weighted by Crippen LogP contribution is -2.39. The van der Waals surface area contributed by atoms with Crippen LogP contribution in [0.25, 0.3) is 0 Å². The highest BCUT2D eigenvalue weighted by Gasteiger charge is 2.29. The number of carbonyl (C=O) groups is 1. The molecule has 0 aliphatic carbocycles. The van der Waals surface area contributed by atoms with Gasteiger partial charge < -0.3 is 20.1 Å². The van der Waals surface area contributed by atoms with Gasteiger partial charge in [0.25, 0.3) is 0 Å². The zero-order valence-electron chi connectivity index (χ0n) is 18.2. The molecule has 7 heteroatoms. The second-order valence-electron chi connectivity index (χ2n) is 7.92. The standard InChI is InChI=1S/C26H26F2N2O3/c27-21-7-10-25(23(28)16-21)33-14-13-32-22-8-5-18(6-9-22)15-20(17-29)26(31)30-12-11-19-3-1-2-4-24(19)30/h1-10,16,20H,11-15,17,29H2. The first kappa shape index (κ1) is 22.7. The van der Waals surface area contributed by atoms with Crippen LogP contribution in [0.2, 0.25) is 0 Å². The van der Waals surface area contributed by atoms with Crippen molar-refractivity contribution in [1.29, 1.82) is 0 Å². The Balaban J connectivity index is 1.28. The van der Waals surface area contributed by atoms with E-state index < -0.39 is 11.6 Å². The Kier molecular flexibility index (Phi) is 7.19. The van der Waals surface area contributed by atoms with Crippen molar-refractivity contribution < 1.29 is 23.0 Å². The molecule has 172 valence electrons. The van der Waals surface area contributed by atoms with E-state index in [-0.39, 0.29) is 37.3 Å². The minimum Gasteiger partial charge on any atom is -0.490 e. The summed E-state index contributed by atoms with van der Waals surface area (Å²) in [6, 6.07) is 18.6. The second-order valence-corrected chi connectivity index (χ2v) is 7.92. The van der Waals surface area contributed by atoms with Crippen molar-refractivity contribution in [3.05, 3.63) is 89.5 Å². The molecule has 3 aromatic rings. The summed E-state index contributed by atoms with van der Waals surface area (Å²) in [6.45, 7) is 1.28. The smallest absolute Gasteiger partial charge is 0.231 e. The van der Waals surface area contributed by atoms with Gasteiger partial charge in [-0.15, -0.1) is 0 Å². The lowest BCUT2D eigenvalue weighted by atomic mass is 9.97. The number of hydrogen-bond donors (Lipinski definition) is 1. The van der Waals surface area contributed by atoms with E-state index >= 15 is 0 Å². The van der Waals surface area contributed by atoms with Crippen molar-refractivity contribution in [2.45, 2.75) is 12.8 Å². The van der Waals surface area contributed by atoms with Gasteiger partial charge in [-0.2, -0.15) is 0 Å². The van der Waals surface area contributed by atoms with E-state index in [1.807, 2.05) is 47.4 Å². The van der Waals surface area contributed by atoms with E-state index in [9.17, 15) is 13.6 Å². The Morgan fingerprint density at radius 3 is 2.52 bits per heavy atom. The van der Waals surface area contributed by atoms with Crippen molar-refractivity contribution in [1.82, 2.24) is 0 Å². The molecule has 33 heavy (non-hydrogen) atoms. The van der Waals surface area contributed by atoms with Crippen molar-refractivity contribution in [2.75, 3.05) is 31.2 Å². The number of benzene rings is 3. The maximum Gasteiger partial charge on any atom is 0.231 e. The Bertz CT molecular complexity index is 1100. The highest BCUT2D eigenvalue weighted by molar-refractivity contribution is 5.97. The average molecular weight is 453 g/mol. The summed E-state index contributed by atoms with van der Waals surface area (Å²) in [5.41, 5.74) is 9.11. The second kappa shape index (κ2) is 10.4. The van der Waals surface area contributed by atoms with Crippen LogP contribution in [0.15, 0.2) is 66.7 Å². The van der Waals surface area contributed by atoms with E-state index in [1.54, 1.807) is 0 Å². The van der Waals surface area contributed by atoms with Crippen LogP contribution >= 0.6 is 0 Å². The summed E-state index contributed by atoms with van der Waals surface area (Å²) < 4.78 is 37.4. The minimum atomic E-state index is -0.749. The first-order valence-corrected chi connectivity index (χ1v) is 10.9. The van der Waals surface area contributed by atoms with Gasteiger partial charge in [-0.05, 0) is 54.3 Å². The molecule has 1 aliphatic rings. The number of fused-ring (bicyclic) bond motifs is 1. The molecule has 0 aromatic heterocycles. The van der Waals surface area contributed by atoms with Gasteiger partial charge >= 0.3 is 0 Å². The third kappa shape index (κ3) is 5.49. The fourth-order valence-electron chi connectivity index (χ4n) is 3.97. The minimum absolute atomic E-state index is 0.0199. The highest BCUT2D eigenvalue weighted by Crippen LogP contribution is 2.29.